The molecule has 0 unspecified atom stereocenters. The summed E-state index contributed by atoms with van der Waals surface area (Å²) in [6.45, 7) is 2.09. The van der Waals surface area contributed by atoms with E-state index in [2.05, 4.69) is 11.9 Å². The Morgan fingerprint density at radius 3 is 2.57 bits per heavy atom. The van der Waals surface area contributed by atoms with Gasteiger partial charge in [-0.3, -0.25) is 4.79 Å². The molecule has 1 aliphatic rings. The molecule has 0 saturated carbocycles. The highest BCUT2D eigenvalue weighted by atomic mass is 16.5. The standard InChI is InChI=1S/C16H21N3O2/c1-18-9-7-14(8-10-18)19(2)16(20)12-21-15-5-3-13(11-17)4-6-15/h3-6,14H,7-10,12H2,1-2H3. The lowest BCUT2D eigenvalue weighted by Gasteiger charge is -2.35. The van der Waals surface area contributed by atoms with Crippen molar-refractivity contribution < 1.29 is 9.53 Å². The van der Waals surface area contributed by atoms with Gasteiger partial charge >= 0.3 is 0 Å². The number of carbonyl (C=O) groups is 1. The second-order valence-electron chi connectivity index (χ2n) is 5.46. The number of piperidine rings is 1. The maximum absolute atomic E-state index is 12.2. The van der Waals surface area contributed by atoms with Gasteiger partial charge in [0, 0.05) is 13.1 Å². The van der Waals surface area contributed by atoms with Crippen LogP contribution in [0, 0.1) is 11.3 Å². The summed E-state index contributed by atoms with van der Waals surface area (Å²) in [7, 11) is 3.95. The van der Waals surface area contributed by atoms with E-state index in [1.807, 2.05) is 13.1 Å². The van der Waals surface area contributed by atoms with Crippen LogP contribution in [-0.4, -0.2) is 55.5 Å². The minimum Gasteiger partial charge on any atom is -0.484 e. The Morgan fingerprint density at radius 1 is 1.38 bits per heavy atom. The highest BCUT2D eigenvalue weighted by Crippen LogP contribution is 2.15. The molecular weight excluding hydrogens is 266 g/mol. The van der Waals surface area contributed by atoms with Crippen LogP contribution in [-0.2, 0) is 4.79 Å². The first-order valence-corrected chi connectivity index (χ1v) is 7.17. The van der Waals surface area contributed by atoms with Crippen molar-refractivity contribution in [3.8, 4) is 11.8 Å². The van der Waals surface area contributed by atoms with E-state index < -0.39 is 0 Å². The lowest BCUT2D eigenvalue weighted by Crippen LogP contribution is -2.45. The summed E-state index contributed by atoms with van der Waals surface area (Å²) in [6, 6.07) is 9.13. The molecule has 1 aliphatic heterocycles. The molecule has 1 fully saturated rings. The third kappa shape index (κ3) is 4.20. The van der Waals surface area contributed by atoms with Crippen LogP contribution in [0.5, 0.6) is 5.75 Å². The van der Waals surface area contributed by atoms with Crippen molar-refractivity contribution in [3.05, 3.63) is 29.8 Å². The van der Waals surface area contributed by atoms with Gasteiger partial charge in [-0.25, -0.2) is 0 Å². The van der Waals surface area contributed by atoms with Crippen LogP contribution >= 0.6 is 0 Å². The monoisotopic (exact) mass is 287 g/mol. The minimum absolute atomic E-state index is 0.00564. The Bertz CT molecular complexity index is 513. The van der Waals surface area contributed by atoms with Crippen LogP contribution in [0.2, 0.25) is 0 Å². The fourth-order valence-electron chi connectivity index (χ4n) is 2.46. The highest BCUT2D eigenvalue weighted by molar-refractivity contribution is 5.77. The Balaban J connectivity index is 1.82. The largest absolute Gasteiger partial charge is 0.484 e. The SMILES string of the molecule is CN1CCC(N(C)C(=O)COc2ccc(C#N)cc2)CC1. The molecule has 1 saturated heterocycles. The molecule has 1 aromatic rings. The third-order valence-electron chi connectivity index (χ3n) is 3.97. The number of likely N-dealkylation sites (N-methyl/N-ethyl adjacent to an activating group) is 1. The highest BCUT2D eigenvalue weighted by Gasteiger charge is 2.24. The van der Waals surface area contributed by atoms with E-state index >= 15 is 0 Å². The van der Waals surface area contributed by atoms with Gasteiger partial charge in [-0.2, -0.15) is 5.26 Å². The van der Waals surface area contributed by atoms with Crippen LogP contribution in [0.15, 0.2) is 24.3 Å². The zero-order valence-corrected chi connectivity index (χ0v) is 12.6. The second-order valence-corrected chi connectivity index (χ2v) is 5.46. The summed E-state index contributed by atoms with van der Waals surface area (Å²) in [5.74, 6) is 0.605. The zero-order chi connectivity index (χ0) is 15.2. The van der Waals surface area contributed by atoms with E-state index in [9.17, 15) is 4.79 Å². The summed E-state index contributed by atoms with van der Waals surface area (Å²) in [6.07, 6.45) is 2.02. The van der Waals surface area contributed by atoms with Crippen LogP contribution in [0.3, 0.4) is 0 Å². The normalized spacial score (nSPS) is 16.2. The van der Waals surface area contributed by atoms with E-state index in [1.165, 1.54) is 0 Å². The summed E-state index contributed by atoms with van der Waals surface area (Å²) >= 11 is 0. The van der Waals surface area contributed by atoms with Crippen LogP contribution in [0.4, 0.5) is 0 Å². The number of benzene rings is 1. The van der Waals surface area contributed by atoms with Crippen LogP contribution in [0.1, 0.15) is 18.4 Å². The molecule has 112 valence electrons. The zero-order valence-electron chi connectivity index (χ0n) is 12.6. The molecule has 5 nitrogen and oxygen atoms in total. The Kier molecular flexibility index (Phi) is 5.18. The fourth-order valence-corrected chi connectivity index (χ4v) is 2.46. The first-order chi connectivity index (χ1) is 10.1. The van der Waals surface area contributed by atoms with E-state index in [0.717, 1.165) is 25.9 Å². The van der Waals surface area contributed by atoms with Gasteiger partial charge in [0.15, 0.2) is 6.61 Å². The topological polar surface area (TPSA) is 56.6 Å². The van der Waals surface area contributed by atoms with Gasteiger partial charge < -0.3 is 14.5 Å². The quantitative estimate of drug-likeness (QED) is 0.842. The predicted octanol–water partition coefficient (Wildman–Crippen LogP) is 1.49. The number of amides is 1. The molecule has 0 aliphatic carbocycles. The maximum atomic E-state index is 12.2. The molecule has 0 N–H and O–H groups in total. The van der Waals surface area contributed by atoms with Gasteiger partial charge in [0.2, 0.25) is 0 Å². The number of hydrogen-bond acceptors (Lipinski definition) is 4. The molecule has 2 rings (SSSR count). The Morgan fingerprint density at radius 2 is 2.00 bits per heavy atom. The van der Waals surface area contributed by atoms with E-state index in [1.54, 1.807) is 29.2 Å². The number of nitriles is 1. The van der Waals surface area contributed by atoms with Gasteiger partial charge in [-0.1, -0.05) is 0 Å². The average molecular weight is 287 g/mol. The molecule has 1 aromatic carbocycles. The second kappa shape index (κ2) is 7.09. The number of carbonyl (C=O) groups excluding carboxylic acids is 1. The molecule has 5 heteroatoms. The Labute approximate surface area is 125 Å². The van der Waals surface area contributed by atoms with Crippen molar-refractivity contribution >= 4 is 5.91 Å². The molecule has 0 spiro atoms. The first-order valence-electron chi connectivity index (χ1n) is 7.17. The summed E-state index contributed by atoms with van der Waals surface area (Å²) in [5.41, 5.74) is 0.581. The molecule has 21 heavy (non-hydrogen) atoms. The van der Waals surface area contributed by atoms with E-state index in [4.69, 9.17) is 10.00 Å². The third-order valence-corrected chi connectivity index (χ3v) is 3.97. The van der Waals surface area contributed by atoms with Crippen molar-refractivity contribution in [1.29, 1.82) is 5.26 Å². The first kappa shape index (κ1) is 15.3. The van der Waals surface area contributed by atoms with Crippen molar-refractivity contribution in [2.75, 3.05) is 33.8 Å². The van der Waals surface area contributed by atoms with Crippen LogP contribution < -0.4 is 4.74 Å². The fraction of sp³-hybridized carbons (Fsp3) is 0.500. The maximum Gasteiger partial charge on any atom is 0.260 e. The molecule has 0 bridgehead atoms. The average Bonchev–Trinajstić information content (AvgIpc) is 2.53. The van der Waals surface area contributed by atoms with Gasteiger partial charge in [-0.05, 0) is 57.2 Å². The minimum atomic E-state index is -0.00564. The smallest absolute Gasteiger partial charge is 0.260 e. The molecule has 0 atom stereocenters. The van der Waals surface area contributed by atoms with Gasteiger partial charge in [0.1, 0.15) is 5.75 Å². The van der Waals surface area contributed by atoms with Crippen molar-refractivity contribution in [2.24, 2.45) is 0 Å². The molecule has 1 amide bonds. The number of hydrogen-bond donors (Lipinski definition) is 0. The summed E-state index contributed by atoms with van der Waals surface area (Å²) < 4.78 is 5.49. The summed E-state index contributed by atoms with van der Waals surface area (Å²) in [4.78, 5) is 16.2. The van der Waals surface area contributed by atoms with E-state index in [0.29, 0.717) is 17.4 Å². The van der Waals surface area contributed by atoms with Gasteiger partial charge in [0.05, 0.1) is 11.6 Å². The number of nitrogens with zero attached hydrogens (tertiary/aromatic N) is 3. The van der Waals surface area contributed by atoms with Gasteiger partial charge in [0.25, 0.3) is 5.91 Å². The van der Waals surface area contributed by atoms with Gasteiger partial charge in [-0.15, -0.1) is 0 Å². The van der Waals surface area contributed by atoms with Crippen molar-refractivity contribution in [2.45, 2.75) is 18.9 Å². The van der Waals surface area contributed by atoms with Crippen LogP contribution in [0.25, 0.3) is 0 Å². The number of rotatable bonds is 4. The summed E-state index contributed by atoms with van der Waals surface area (Å²) in [5, 5.41) is 8.73. The predicted molar refractivity (Wildman–Crippen MR) is 79.9 cm³/mol. The number of ether oxygens (including phenoxy) is 1. The molecule has 0 aromatic heterocycles. The lowest BCUT2D eigenvalue weighted by molar-refractivity contribution is -0.134. The van der Waals surface area contributed by atoms with Crippen molar-refractivity contribution in [1.82, 2.24) is 9.80 Å². The van der Waals surface area contributed by atoms with Crippen molar-refractivity contribution in [3.63, 3.8) is 0 Å². The molecular formula is C16H21N3O2. The van der Waals surface area contributed by atoms with E-state index in [-0.39, 0.29) is 12.5 Å². The number of likely N-dealkylation sites (tertiary alicyclic amines) is 1. The molecule has 1 heterocycles. The molecule has 0 radical (unpaired) electrons. The lowest BCUT2D eigenvalue weighted by atomic mass is 10.0. The Hall–Kier alpha value is -2.06.